The summed E-state index contributed by atoms with van der Waals surface area (Å²) in [7, 11) is 0. The molecule has 2 fully saturated rings. The van der Waals surface area contributed by atoms with E-state index in [9.17, 15) is 4.79 Å². The van der Waals surface area contributed by atoms with Gasteiger partial charge in [-0.1, -0.05) is 56.7 Å². The molecule has 2 saturated carbocycles. The predicted molar refractivity (Wildman–Crippen MR) is 104 cm³/mol. The van der Waals surface area contributed by atoms with Crippen LogP contribution in [0.5, 0.6) is 0 Å². The summed E-state index contributed by atoms with van der Waals surface area (Å²) in [6.45, 7) is 1.61. The number of carboxylic acid groups (broad SMARTS) is 1. The van der Waals surface area contributed by atoms with Gasteiger partial charge in [0.15, 0.2) is 0 Å². The maximum absolute atomic E-state index is 10.4. The van der Waals surface area contributed by atoms with Gasteiger partial charge >= 0.3 is 5.97 Å². The summed E-state index contributed by atoms with van der Waals surface area (Å²) in [4.78, 5) is 10.4. The molecule has 3 N–H and O–H groups in total. The molecule has 2 aliphatic carbocycles. The number of para-hydroxylation sites is 1. The zero-order chi connectivity index (χ0) is 17.9. The van der Waals surface area contributed by atoms with E-state index in [0.717, 1.165) is 17.8 Å². The Bertz CT molecular complexity index is 464. The first-order chi connectivity index (χ1) is 12.1. The zero-order valence-electron chi connectivity index (χ0n) is 15.5. The van der Waals surface area contributed by atoms with Gasteiger partial charge in [0.1, 0.15) is 6.04 Å². The van der Waals surface area contributed by atoms with E-state index in [1.54, 1.807) is 6.92 Å². The fourth-order valence-corrected chi connectivity index (χ4v) is 3.72. The molecule has 25 heavy (non-hydrogen) atoms. The van der Waals surface area contributed by atoms with Crippen LogP contribution in [0.1, 0.15) is 71.1 Å². The lowest BCUT2D eigenvalue weighted by Gasteiger charge is -2.30. The van der Waals surface area contributed by atoms with Crippen LogP contribution in [-0.4, -0.2) is 29.2 Å². The van der Waals surface area contributed by atoms with Gasteiger partial charge in [0.05, 0.1) is 0 Å². The second-order valence-corrected chi connectivity index (χ2v) is 7.41. The van der Waals surface area contributed by atoms with Gasteiger partial charge in [-0.05, 0) is 44.7 Å². The van der Waals surface area contributed by atoms with Crippen molar-refractivity contribution in [1.82, 2.24) is 5.32 Å². The third-order valence-electron chi connectivity index (χ3n) is 5.21. The summed E-state index contributed by atoms with van der Waals surface area (Å²) in [5.41, 5.74) is 0.826. The summed E-state index contributed by atoms with van der Waals surface area (Å²) in [6.07, 6.45) is 14.6. The number of nitrogens with one attached hydrogen (secondary N) is 2. The Hall–Kier alpha value is -1.55. The average Bonchev–Trinajstić information content (AvgIpc) is 2.65. The lowest BCUT2D eigenvalue weighted by atomic mass is 9.91. The zero-order valence-corrected chi connectivity index (χ0v) is 15.5. The summed E-state index contributed by atoms with van der Waals surface area (Å²) < 4.78 is 0. The van der Waals surface area contributed by atoms with Gasteiger partial charge in [-0.15, -0.1) is 0 Å². The molecule has 1 aromatic carbocycles. The van der Waals surface area contributed by atoms with Gasteiger partial charge in [0.2, 0.25) is 0 Å². The quantitative estimate of drug-likeness (QED) is 0.716. The Morgan fingerprint density at radius 3 is 1.84 bits per heavy atom. The highest BCUT2D eigenvalue weighted by Crippen LogP contribution is 2.22. The van der Waals surface area contributed by atoms with E-state index in [-0.39, 0.29) is 0 Å². The fraction of sp³-hybridized carbons (Fsp3) is 0.667. The lowest BCUT2D eigenvalue weighted by molar-refractivity contribution is -0.137. The third-order valence-corrected chi connectivity index (χ3v) is 5.21. The Balaban J connectivity index is 0.000000181. The Labute approximate surface area is 152 Å². The van der Waals surface area contributed by atoms with Crippen LogP contribution in [-0.2, 0) is 4.79 Å². The van der Waals surface area contributed by atoms with Crippen LogP contribution in [0.15, 0.2) is 30.3 Å². The molecule has 1 atom stereocenters. The van der Waals surface area contributed by atoms with Crippen molar-refractivity contribution in [3.8, 4) is 0 Å². The van der Waals surface area contributed by atoms with Crippen LogP contribution in [0.4, 0.5) is 5.69 Å². The van der Waals surface area contributed by atoms with Crippen molar-refractivity contribution in [3.63, 3.8) is 0 Å². The average molecular weight is 347 g/mol. The maximum Gasteiger partial charge on any atom is 0.325 e. The van der Waals surface area contributed by atoms with Crippen molar-refractivity contribution in [3.05, 3.63) is 30.3 Å². The highest BCUT2D eigenvalue weighted by molar-refractivity contribution is 5.76. The Morgan fingerprint density at radius 2 is 1.40 bits per heavy atom. The van der Waals surface area contributed by atoms with E-state index in [0.29, 0.717) is 0 Å². The van der Waals surface area contributed by atoms with E-state index in [1.165, 1.54) is 64.2 Å². The van der Waals surface area contributed by atoms with Crippen molar-refractivity contribution >= 4 is 11.7 Å². The van der Waals surface area contributed by atoms with Crippen molar-refractivity contribution < 1.29 is 9.90 Å². The van der Waals surface area contributed by atoms with Crippen molar-refractivity contribution in [2.45, 2.75) is 89.3 Å². The van der Waals surface area contributed by atoms with Crippen LogP contribution in [0, 0.1) is 0 Å². The molecule has 0 spiro atoms. The van der Waals surface area contributed by atoms with Gasteiger partial charge in [0, 0.05) is 17.8 Å². The molecule has 0 amide bonds. The molecule has 4 heteroatoms. The topological polar surface area (TPSA) is 61.4 Å². The summed E-state index contributed by atoms with van der Waals surface area (Å²) in [5.74, 6) is -0.848. The number of aliphatic carboxylic acids is 1. The molecule has 0 aromatic heterocycles. The lowest BCUT2D eigenvalue weighted by Crippen LogP contribution is -2.40. The fourth-order valence-electron chi connectivity index (χ4n) is 3.72. The molecule has 140 valence electrons. The SMILES string of the molecule is C1CCC(NC2CCCCC2)CC1.C[C@H](Nc1ccccc1)C(=O)O. The molecule has 0 saturated heterocycles. The van der Waals surface area contributed by atoms with Gasteiger partial charge in [-0.25, -0.2) is 0 Å². The minimum absolute atomic E-state index is 0.549. The second kappa shape index (κ2) is 11.1. The van der Waals surface area contributed by atoms with Gasteiger partial charge in [-0.3, -0.25) is 4.79 Å². The molecule has 0 heterocycles. The van der Waals surface area contributed by atoms with E-state index < -0.39 is 12.0 Å². The molecule has 4 nitrogen and oxygen atoms in total. The van der Waals surface area contributed by atoms with Crippen LogP contribution >= 0.6 is 0 Å². The smallest absolute Gasteiger partial charge is 0.325 e. The molecule has 0 bridgehead atoms. The highest BCUT2D eigenvalue weighted by Gasteiger charge is 2.19. The third kappa shape index (κ3) is 7.91. The minimum Gasteiger partial charge on any atom is -0.480 e. The van der Waals surface area contributed by atoms with Gasteiger partial charge < -0.3 is 15.7 Å². The first-order valence-electron chi connectivity index (χ1n) is 9.95. The van der Waals surface area contributed by atoms with Crippen molar-refractivity contribution in [2.24, 2.45) is 0 Å². The molecule has 1 aromatic rings. The first-order valence-corrected chi connectivity index (χ1v) is 9.95. The number of hydrogen-bond donors (Lipinski definition) is 3. The number of carbonyl (C=O) groups is 1. The number of anilines is 1. The van der Waals surface area contributed by atoms with Crippen LogP contribution < -0.4 is 10.6 Å². The number of rotatable bonds is 5. The van der Waals surface area contributed by atoms with Crippen molar-refractivity contribution in [1.29, 1.82) is 0 Å². The van der Waals surface area contributed by atoms with Gasteiger partial charge in [-0.2, -0.15) is 0 Å². The van der Waals surface area contributed by atoms with E-state index in [4.69, 9.17) is 5.11 Å². The minimum atomic E-state index is -0.848. The Morgan fingerprint density at radius 1 is 0.920 bits per heavy atom. The normalized spacial score (nSPS) is 20.2. The number of benzene rings is 1. The van der Waals surface area contributed by atoms with Crippen LogP contribution in [0.3, 0.4) is 0 Å². The van der Waals surface area contributed by atoms with Crippen molar-refractivity contribution in [2.75, 3.05) is 5.32 Å². The molecular weight excluding hydrogens is 312 g/mol. The van der Waals surface area contributed by atoms with Gasteiger partial charge in [0.25, 0.3) is 0 Å². The summed E-state index contributed by atoms with van der Waals surface area (Å²) >= 11 is 0. The summed E-state index contributed by atoms with van der Waals surface area (Å²) in [6, 6.07) is 10.5. The monoisotopic (exact) mass is 346 g/mol. The van der Waals surface area contributed by atoms with E-state index >= 15 is 0 Å². The summed E-state index contributed by atoms with van der Waals surface area (Å²) in [5, 5.41) is 15.3. The van der Waals surface area contributed by atoms with Crippen LogP contribution in [0.25, 0.3) is 0 Å². The van der Waals surface area contributed by atoms with Crippen LogP contribution in [0.2, 0.25) is 0 Å². The molecular formula is C21H34N2O2. The first kappa shape index (κ1) is 19.8. The molecule has 0 radical (unpaired) electrons. The Kier molecular flexibility index (Phi) is 8.81. The number of carboxylic acids is 1. The maximum atomic E-state index is 10.4. The predicted octanol–water partition coefficient (Wildman–Crippen LogP) is 4.81. The second-order valence-electron chi connectivity index (χ2n) is 7.41. The molecule has 0 aliphatic heterocycles. The molecule has 0 unspecified atom stereocenters. The number of hydrogen-bond acceptors (Lipinski definition) is 3. The van der Waals surface area contributed by atoms with E-state index in [1.807, 2.05) is 30.3 Å². The largest absolute Gasteiger partial charge is 0.480 e. The highest BCUT2D eigenvalue weighted by atomic mass is 16.4. The molecule has 2 aliphatic rings. The van der Waals surface area contributed by atoms with E-state index in [2.05, 4.69) is 10.6 Å². The standard InChI is InChI=1S/C12H23N.C9H11NO2/c1-3-7-11(8-4-1)13-12-9-5-2-6-10-12;1-7(9(11)12)10-8-5-3-2-4-6-8/h11-13H,1-10H2;2-7,10H,1H3,(H,11,12)/t;7-/m.0/s1. The molecule has 3 rings (SSSR count).